The van der Waals surface area contributed by atoms with Gasteiger partial charge in [-0.1, -0.05) is 98.8 Å². The summed E-state index contributed by atoms with van der Waals surface area (Å²) in [5.74, 6) is 0. The summed E-state index contributed by atoms with van der Waals surface area (Å²) in [5.41, 5.74) is 14.2. The fourth-order valence-electron chi connectivity index (χ4n) is 8.75. The van der Waals surface area contributed by atoms with Gasteiger partial charge in [0, 0.05) is 49.1 Å². The smallest absolute Gasteiger partial charge is 0.136 e. The summed E-state index contributed by atoms with van der Waals surface area (Å²) < 4.78 is 11.5. The fourth-order valence-corrected chi connectivity index (χ4v) is 8.75. The molecule has 0 fully saturated rings. The summed E-state index contributed by atoms with van der Waals surface area (Å²) in [6, 6.07) is 53.1. The van der Waals surface area contributed by atoms with Crippen LogP contribution < -0.4 is 0 Å². The first-order valence-electron chi connectivity index (χ1n) is 16.7. The fraction of sp³-hybridized carbons (Fsp3) is 0.0667. The lowest BCUT2D eigenvalue weighted by molar-refractivity contribution is 0.647. The highest BCUT2D eigenvalue weighted by Gasteiger charge is 2.36. The van der Waals surface area contributed by atoms with Crippen LogP contribution in [0.5, 0.6) is 0 Å². The Bertz CT molecular complexity index is 2970. The number of fused-ring (bicyclic) bond motifs is 13. The van der Waals surface area contributed by atoms with Gasteiger partial charge in [0.25, 0.3) is 0 Å². The summed E-state index contributed by atoms with van der Waals surface area (Å²) >= 11 is 0. The van der Waals surface area contributed by atoms with Crippen molar-refractivity contribution in [1.29, 1.82) is 0 Å². The van der Waals surface area contributed by atoms with Crippen LogP contribution in [0.15, 0.2) is 150 Å². The van der Waals surface area contributed by atoms with Gasteiger partial charge in [-0.2, -0.15) is 0 Å². The van der Waals surface area contributed by atoms with E-state index in [0.29, 0.717) is 0 Å². The Morgan fingerprint density at radius 3 is 1.96 bits per heavy atom. The zero-order valence-electron chi connectivity index (χ0n) is 26.7. The molecule has 0 bridgehead atoms. The minimum atomic E-state index is -0.0781. The molecule has 3 heterocycles. The normalized spacial score (nSPS) is 13.8. The van der Waals surface area contributed by atoms with E-state index in [4.69, 9.17) is 4.42 Å². The molecule has 3 heteroatoms. The van der Waals surface area contributed by atoms with Crippen molar-refractivity contribution in [1.82, 2.24) is 9.13 Å². The Hall–Kier alpha value is -6.06. The molecule has 10 aromatic rings. The van der Waals surface area contributed by atoms with E-state index >= 15 is 0 Å². The van der Waals surface area contributed by atoms with E-state index in [1.165, 1.54) is 76.6 Å². The number of nitrogens with zero attached hydrogens (tertiary/aromatic N) is 2. The molecule has 226 valence electrons. The Morgan fingerprint density at radius 2 is 1.10 bits per heavy atom. The SMILES string of the molecule is CC1(C)c2ccccc2-c2cc3c(cc21)oc1ccc2c(c4ccccc4n2-c2ccc4c5ccccc5n(-c5ccccc5)c4c2)c13. The summed E-state index contributed by atoms with van der Waals surface area (Å²) in [5, 5.41) is 7.32. The third-order valence-corrected chi connectivity index (χ3v) is 10.9. The molecule has 48 heavy (non-hydrogen) atoms. The molecule has 0 N–H and O–H groups in total. The highest BCUT2D eigenvalue weighted by Crippen LogP contribution is 2.51. The second-order valence-corrected chi connectivity index (χ2v) is 13.7. The molecule has 11 rings (SSSR count). The van der Waals surface area contributed by atoms with E-state index in [1.54, 1.807) is 0 Å². The van der Waals surface area contributed by atoms with Gasteiger partial charge < -0.3 is 13.6 Å². The number of hydrogen-bond acceptors (Lipinski definition) is 1. The van der Waals surface area contributed by atoms with Crippen molar-refractivity contribution in [3.63, 3.8) is 0 Å². The average Bonchev–Trinajstić information content (AvgIpc) is 3.83. The molecule has 0 saturated heterocycles. The van der Waals surface area contributed by atoms with Gasteiger partial charge in [0.15, 0.2) is 0 Å². The molecule has 0 spiro atoms. The van der Waals surface area contributed by atoms with Crippen molar-refractivity contribution in [3.8, 4) is 22.5 Å². The van der Waals surface area contributed by atoms with Crippen molar-refractivity contribution in [3.05, 3.63) is 157 Å². The van der Waals surface area contributed by atoms with Gasteiger partial charge in [0.1, 0.15) is 11.2 Å². The standard InChI is InChI=1S/C45H30N2O/c1-45(2)35-17-9-6-14-29(35)33-25-34-42(26-36(33)45)48-41-23-22-39-43(44(34)41)32-16-8-11-19-38(32)47(39)28-20-21-31-30-15-7-10-18-37(30)46(40(31)24-28)27-12-4-3-5-13-27/h3-26H,1-2H3. The predicted octanol–water partition coefficient (Wildman–Crippen LogP) is 12.1. The van der Waals surface area contributed by atoms with Gasteiger partial charge in [0.2, 0.25) is 0 Å². The molecule has 0 radical (unpaired) electrons. The van der Waals surface area contributed by atoms with Crippen LogP contribution in [0.2, 0.25) is 0 Å². The lowest BCUT2D eigenvalue weighted by Gasteiger charge is -2.21. The molecule has 3 aromatic heterocycles. The quantitative estimate of drug-likeness (QED) is 0.190. The van der Waals surface area contributed by atoms with Crippen molar-refractivity contribution >= 4 is 65.6 Å². The predicted molar refractivity (Wildman–Crippen MR) is 200 cm³/mol. The van der Waals surface area contributed by atoms with Crippen molar-refractivity contribution < 1.29 is 4.42 Å². The molecule has 3 nitrogen and oxygen atoms in total. The molecule has 1 aliphatic carbocycles. The molecule has 0 aliphatic heterocycles. The number of para-hydroxylation sites is 3. The maximum Gasteiger partial charge on any atom is 0.136 e. The summed E-state index contributed by atoms with van der Waals surface area (Å²) in [4.78, 5) is 0. The summed E-state index contributed by atoms with van der Waals surface area (Å²) in [6.07, 6.45) is 0. The number of hydrogen-bond donors (Lipinski definition) is 0. The molecule has 0 unspecified atom stereocenters. The number of furan rings is 1. The Balaban J connectivity index is 1.23. The Morgan fingerprint density at radius 1 is 0.417 bits per heavy atom. The maximum absolute atomic E-state index is 6.69. The van der Waals surface area contributed by atoms with Crippen molar-refractivity contribution in [2.24, 2.45) is 0 Å². The molecule has 0 atom stereocenters. The van der Waals surface area contributed by atoms with Crippen LogP contribution >= 0.6 is 0 Å². The second kappa shape index (κ2) is 9.05. The van der Waals surface area contributed by atoms with Crippen LogP contribution in [0.4, 0.5) is 0 Å². The van der Waals surface area contributed by atoms with Gasteiger partial charge >= 0.3 is 0 Å². The number of rotatable bonds is 2. The van der Waals surface area contributed by atoms with Crippen LogP contribution in [0.25, 0.3) is 88.1 Å². The van der Waals surface area contributed by atoms with E-state index in [9.17, 15) is 0 Å². The molecule has 0 saturated carbocycles. The molecular weight excluding hydrogens is 585 g/mol. The molecule has 0 amide bonds. The van der Waals surface area contributed by atoms with Crippen molar-refractivity contribution in [2.75, 3.05) is 0 Å². The lowest BCUT2D eigenvalue weighted by Crippen LogP contribution is -2.14. The van der Waals surface area contributed by atoms with Crippen molar-refractivity contribution in [2.45, 2.75) is 19.3 Å². The first kappa shape index (κ1) is 26.1. The topological polar surface area (TPSA) is 23.0 Å². The molecule has 7 aromatic carbocycles. The first-order chi connectivity index (χ1) is 23.6. The molecular formula is C45H30N2O. The summed E-state index contributed by atoms with van der Waals surface area (Å²) in [6.45, 7) is 4.65. The molecule has 1 aliphatic rings. The third kappa shape index (κ3) is 3.23. The first-order valence-corrected chi connectivity index (χ1v) is 16.7. The van der Waals surface area contributed by atoms with Crippen LogP contribution in [0.1, 0.15) is 25.0 Å². The second-order valence-electron chi connectivity index (χ2n) is 13.7. The largest absolute Gasteiger partial charge is 0.456 e. The van der Waals surface area contributed by atoms with Gasteiger partial charge in [-0.05, 0) is 82.9 Å². The average molecular weight is 615 g/mol. The number of benzene rings is 7. The van der Waals surface area contributed by atoms with Gasteiger partial charge in [-0.25, -0.2) is 0 Å². The zero-order chi connectivity index (χ0) is 31.7. The van der Waals surface area contributed by atoms with Crippen LogP contribution in [-0.4, -0.2) is 9.13 Å². The third-order valence-electron chi connectivity index (χ3n) is 10.9. The monoisotopic (exact) mass is 614 g/mol. The van der Waals surface area contributed by atoms with E-state index in [-0.39, 0.29) is 5.41 Å². The van der Waals surface area contributed by atoms with Gasteiger partial charge in [-0.3, -0.25) is 0 Å². The highest BCUT2D eigenvalue weighted by atomic mass is 16.3. The lowest BCUT2D eigenvalue weighted by atomic mass is 9.82. The van der Waals surface area contributed by atoms with Gasteiger partial charge in [-0.15, -0.1) is 0 Å². The van der Waals surface area contributed by atoms with Crippen LogP contribution in [-0.2, 0) is 5.41 Å². The van der Waals surface area contributed by atoms with Gasteiger partial charge in [0.05, 0.1) is 22.1 Å². The Kier molecular flexibility index (Phi) is 4.91. The maximum atomic E-state index is 6.69. The minimum absolute atomic E-state index is 0.0781. The Labute approximate surface area is 276 Å². The number of aromatic nitrogens is 2. The van der Waals surface area contributed by atoms with E-state index < -0.39 is 0 Å². The van der Waals surface area contributed by atoms with E-state index in [2.05, 4.69) is 169 Å². The minimum Gasteiger partial charge on any atom is -0.456 e. The highest BCUT2D eigenvalue weighted by molar-refractivity contribution is 6.28. The van der Waals surface area contributed by atoms with E-state index in [0.717, 1.165) is 22.5 Å². The van der Waals surface area contributed by atoms with E-state index in [1.807, 2.05) is 0 Å². The van der Waals surface area contributed by atoms with Crippen LogP contribution in [0, 0.1) is 0 Å². The zero-order valence-corrected chi connectivity index (χ0v) is 26.7. The summed E-state index contributed by atoms with van der Waals surface area (Å²) in [7, 11) is 0. The van der Waals surface area contributed by atoms with Crippen LogP contribution in [0.3, 0.4) is 0 Å².